The lowest BCUT2D eigenvalue weighted by molar-refractivity contribution is -0.176. The second-order valence-corrected chi connectivity index (χ2v) is 3.41. The van der Waals surface area contributed by atoms with Gasteiger partial charge in [0.15, 0.2) is 0 Å². The molecule has 0 bridgehead atoms. The van der Waals surface area contributed by atoms with Gasteiger partial charge in [0.25, 0.3) is 0 Å². The van der Waals surface area contributed by atoms with Crippen molar-refractivity contribution in [1.82, 2.24) is 0 Å². The third-order valence-electron chi connectivity index (χ3n) is 1.14. The van der Waals surface area contributed by atoms with Gasteiger partial charge in [0.05, 0.1) is 0 Å². The highest BCUT2D eigenvalue weighted by molar-refractivity contribution is 6.40. The molecule has 0 unspecified atom stereocenters. The van der Waals surface area contributed by atoms with Gasteiger partial charge in [0.2, 0.25) is 5.78 Å². The molecule has 0 saturated carbocycles. The van der Waals surface area contributed by atoms with E-state index in [0.717, 1.165) is 0 Å². The molecule has 0 heterocycles. The Bertz CT molecular complexity index is 186. The minimum atomic E-state index is -5.05. The van der Waals surface area contributed by atoms with Gasteiger partial charge in [-0.2, -0.15) is 13.2 Å². The summed E-state index contributed by atoms with van der Waals surface area (Å²) >= 11 is 0. The minimum Gasteiger partial charge on any atom is -0.290 e. The molecule has 0 aliphatic rings. The molecule has 0 saturated heterocycles. The van der Waals surface area contributed by atoms with Gasteiger partial charge >= 0.3 is 12.0 Å². The molecular formula is C7H9F3O2. The maximum absolute atomic E-state index is 11.7. The third-order valence-corrected chi connectivity index (χ3v) is 1.14. The molecule has 0 radical (unpaired) electrons. The van der Waals surface area contributed by atoms with Crippen molar-refractivity contribution in [2.45, 2.75) is 26.9 Å². The van der Waals surface area contributed by atoms with E-state index in [2.05, 4.69) is 0 Å². The van der Waals surface area contributed by atoms with Gasteiger partial charge in [-0.3, -0.25) is 9.59 Å². The van der Waals surface area contributed by atoms with Crippen molar-refractivity contribution in [2.24, 2.45) is 5.41 Å². The number of rotatable bonds is 1. The summed E-state index contributed by atoms with van der Waals surface area (Å²) in [5.41, 5.74) is -1.27. The van der Waals surface area contributed by atoms with E-state index in [1.54, 1.807) is 0 Å². The molecule has 0 N–H and O–H groups in total. The second kappa shape index (κ2) is 2.88. The molecule has 0 aliphatic carbocycles. The first-order valence-corrected chi connectivity index (χ1v) is 3.23. The van der Waals surface area contributed by atoms with Gasteiger partial charge in [-0.05, 0) is 0 Å². The Hall–Kier alpha value is -0.870. The summed E-state index contributed by atoms with van der Waals surface area (Å²) in [5, 5.41) is 0. The second-order valence-electron chi connectivity index (χ2n) is 3.41. The average Bonchev–Trinajstić information content (AvgIpc) is 1.80. The summed E-state index contributed by atoms with van der Waals surface area (Å²) in [4.78, 5) is 21.1. The molecule has 2 nitrogen and oxygen atoms in total. The van der Waals surface area contributed by atoms with Crippen LogP contribution >= 0.6 is 0 Å². The summed E-state index contributed by atoms with van der Waals surface area (Å²) in [7, 11) is 0. The summed E-state index contributed by atoms with van der Waals surface area (Å²) in [6, 6.07) is 0. The van der Waals surface area contributed by atoms with Gasteiger partial charge in [0, 0.05) is 5.41 Å². The van der Waals surface area contributed by atoms with Crippen LogP contribution in [-0.2, 0) is 9.59 Å². The molecule has 12 heavy (non-hydrogen) atoms. The molecule has 0 atom stereocenters. The number of Topliss-reactive ketones (excluding diaryl/α,β-unsaturated/α-hetero) is 2. The van der Waals surface area contributed by atoms with Crippen molar-refractivity contribution in [2.75, 3.05) is 0 Å². The molecule has 0 fully saturated rings. The first kappa shape index (κ1) is 11.1. The number of ketones is 2. The first-order valence-electron chi connectivity index (χ1n) is 3.23. The van der Waals surface area contributed by atoms with Crippen LogP contribution in [0.1, 0.15) is 20.8 Å². The molecule has 0 aromatic carbocycles. The number of alkyl halides is 3. The summed E-state index contributed by atoms with van der Waals surface area (Å²) in [6.07, 6.45) is -5.05. The molecule has 0 aliphatic heterocycles. The fourth-order valence-electron chi connectivity index (χ4n) is 0.469. The van der Waals surface area contributed by atoms with Crippen LogP contribution in [0.3, 0.4) is 0 Å². The lowest BCUT2D eigenvalue weighted by Gasteiger charge is -2.15. The zero-order valence-corrected chi connectivity index (χ0v) is 6.95. The van der Waals surface area contributed by atoms with Crippen molar-refractivity contribution in [1.29, 1.82) is 0 Å². The van der Waals surface area contributed by atoms with Crippen molar-refractivity contribution in [3.8, 4) is 0 Å². The smallest absolute Gasteiger partial charge is 0.290 e. The Labute approximate surface area is 67.7 Å². The lowest BCUT2D eigenvalue weighted by atomic mass is 9.88. The van der Waals surface area contributed by atoms with Crippen LogP contribution in [0, 0.1) is 5.41 Å². The normalized spacial score (nSPS) is 12.8. The summed E-state index contributed by atoms with van der Waals surface area (Å²) < 4.78 is 35.0. The molecule has 70 valence electrons. The van der Waals surface area contributed by atoms with Crippen LogP contribution in [0.25, 0.3) is 0 Å². The van der Waals surface area contributed by atoms with E-state index in [1.165, 1.54) is 20.8 Å². The minimum absolute atomic E-state index is 1.26. The molecule has 0 aromatic rings. The van der Waals surface area contributed by atoms with Gasteiger partial charge in [-0.25, -0.2) is 0 Å². The van der Waals surface area contributed by atoms with E-state index in [9.17, 15) is 22.8 Å². The summed E-state index contributed by atoms with van der Waals surface area (Å²) in [5.74, 6) is -3.69. The van der Waals surface area contributed by atoms with Crippen molar-refractivity contribution < 1.29 is 22.8 Å². The van der Waals surface area contributed by atoms with Gasteiger partial charge in [0.1, 0.15) is 0 Å². The van der Waals surface area contributed by atoms with Gasteiger partial charge in [-0.15, -0.1) is 0 Å². The Morgan fingerprint density at radius 1 is 0.917 bits per heavy atom. The number of hydrogen-bond donors (Lipinski definition) is 0. The molecule has 0 amide bonds. The number of carbonyl (C=O) groups excluding carboxylic acids is 2. The van der Waals surface area contributed by atoms with Crippen LogP contribution in [0.4, 0.5) is 13.2 Å². The largest absolute Gasteiger partial charge is 0.458 e. The van der Waals surface area contributed by atoms with E-state index in [0.29, 0.717) is 0 Å². The van der Waals surface area contributed by atoms with Crippen LogP contribution in [0.2, 0.25) is 0 Å². The third kappa shape index (κ3) is 2.64. The topological polar surface area (TPSA) is 34.1 Å². The highest BCUT2D eigenvalue weighted by Gasteiger charge is 2.46. The molecule has 0 rings (SSSR count). The standard InChI is InChI=1S/C7H9F3O2/c1-6(2,3)4(11)5(12)7(8,9)10/h1-3H3. The predicted molar refractivity (Wildman–Crippen MR) is 35.5 cm³/mol. The number of carbonyl (C=O) groups is 2. The van der Waals surface area contributed by atoms with Crippen LogP contribution in [0.5, 0.6) is 0 Å². The maximum atomic E-state index is 11.7. The molecule has 0 spiro atoms. The highest BCUT2D eigenvalue weighted by Crippen LogP contribution is 2.23. The number of hydrogen-bond acceptors (Lipinski definition) is 2. The Morgan fingerprint density at radius 2 is 1.25 bits per heavy atom. The Balaban J connectivity index is 4.66. The van der Waals surface area contributed by atoms with Crippen molar-refractivity contribution in [3.05, 3.63) is 0 Å². The SMILES string of the molecule is CC(C)(C)C(=O)C(=O)C(F)(F)F. The monoisotopic (exact) mass is 182 g/mol. The van der Waals surface area contributed by atoms with E-state index in [4.69, 9.17) is 0 Å². The Morgan fingerprint density at radius 3 is 1.33 bits per heavy atom. The van der Waals surface area contributed by atoms with Gasteiger partial charge in [-0.1, -0.05) is 20.8 Å². The van der Waals surface area contributed by atoms with E-state index >= 15 is 0 Å². The zero-order chi connectivity index (χ0) is 10.2. The van der Waals surface area contributed by atoms with Crippen molar-refractivity contribution in [3.63, 3.8) is 0 Å². The number of halogens is 3. The lowest BCUT2D eigenvalue weighted by Crippen LogP contribution is -2.38. The quantitative estimate of drug-likeness (QED) is 0.579. The van der Waals surface area contributed by atoms with E-state index < -0.39 is 23.2 Å². The Kier molecular flexibility index (Phi) is 2.67. The first-order chi connectivity index (χ1) is 5.07. The fraction of sp³-hybridized carbons (Fsp3) is 0.714. The fourth-order valence-corrected chi connectivity index (χ4v) is 0.469. The van der Waals surface area contributed by atoms with Crippen LogP contribution < -0.4 is 0 Å². The van der Waals surface area contributed by atoms with E-state index in [1.807, 2.05) is 0 Å². The zero-order valence-electron chi connectivity index (χ0n) is 6.95. The molecule has 5 heteroatoms. The van der Waals surface area contributed by atoms with Crippen LogP contribution in [0.15, 0.2) is 0 Å². The summed E-state index contributed by atoms with van der Waals surface area (Å²) in [6.45, 7) is 3.79. The maximum Gasteiger partial charge on any atom is 0.458 e. The van der Waals surface area contributed by atoms with Gasteiger partial charge < -0.3 is 0 Å². The van der Waals surface area contributed by atoms with Crippen molar-refractivity contribution >= 4 is 11.6 Å². The molecular weight excluding hydrogens is 173 g/mol. The van der Waals surface area contributed by atoms with E-state index in [-0.39, 0.29) is 0 Å². The highest BCUT2D eigenvalue weighted by atomic mass is 19.4. The molecule has 0 aromatic heterocycles. The van der Waals surface area contributed by atoms with Crippen LogP contribution in [-0.4, -0.2) is 17.7 Å². The average molecular weight is 182 g/mol. The predicted octanol–water partition coefficient (Wildman–Crippen LogP) is 1.73.